The Morgan fingerprint density at radius 3 is 2.73 bits per heavy atom. The molecule has 0 atom stereocenters. The van der Waals surface area contributed by atoms with Crippen LogP contribution in [0.25, 0.3) is 6.08 Å². The number of ketones is 1. The molecule has 0 N–H and O–H groups in total. The van der Waals surface area contributed by atoms with Gasteiger partial charge in [0.05, 0.1) is 0 Å². The van der Waals surface area contributed by atoms with Crippen LogP contribution in [0.1, 0.15) is 48.7 Å². The molecule has 0 spiro atoms. The molecular weight excluding hydrogens is 184 g/mol. The molecule has 1 nitrogen and oxygen atoms in total. The van der Waals surface area contributed by atoms with Gasteiger partial charge in [0.2, 0.25) is 0 Å². The first-order chi connectivity index (χ1) is 7.00. The second-order valence-corrected chi connectivity index (χ2v) is 4.85. The summed E-state index contributed by atoms with van der Waals surface area (Å²) in [6.45, 7) is 6.06. The minimum atomic E-state index is 0.142. The molecular formula is C14H16O. The molecule has 15 heavy (non-hydrogen) atoms. The fourth-order valence-electron chi connectivity index (χ4n) is 2.10. The van der Waals surface area contributed by atoms with Gasteiger partial charge >= 0.3 is 0 Å². The van der Waals surface area contributed by atoms with Gasteiger partial charge in [0.1, 0.15) is 0 Å². The summed E-state index contributed by atoms with van der Waals surface area (Å²) < 4.78 is 0. The standard InChI is InChI=1S/C14H16O/c1-10(15)12-7-6-11-5-4-8-14(2,3)13(11)9-12/h4-7,9H,8H2,1-3H3. The van der Waals surface area contributed by atoms with Crippen LogP contribution in [0.3, 0.4) is 0 Å². The molecule has 0 heterocycles. The van der Waals surface area contributed by atoms with Crippen LogP contribution in [0.5, 0.6) is 0 Å². The van der Waals surface area contributed by atoms with Gasteiger partial charge in [-0.15, -0.1) is 0 Å². The predicted octanol–water partition coefficient (Wildman–Crippen LogP) is 3.58. The lowest BCUT2D eigenvalue weighted by atomic mass is 9.75. The fourth-order valence-corrected chi connectivity index (χ4v) is 2.10. The van der Waals surface area contributed by atoms with Crippen LogP contribution in [0.4, 0.5) is 0 Å². The molecule has 0 aromatic heterocycles. The zero-order valence-corrected chi connectivity index (χ0v) is 9.50. The van der Waals surface area contributed by atoms with Gasteiger partial charge < -0.3 is 0 Å². The predicted molar refractivity (Wildman–Crippen MR) is 63.1 cm³/mol. The maximum absolute atomic E-state index is 11.3. The quantitative estimate of drug-likeness (QED) is 0.633. The lowest BCUT2D eigenvalue weighted by molar-refractivity contribution is 0.101. The highest BCUT2D eigenvalue weighted by Gasteiger charge is 2.24. The van der Waals surface area contributed by atoms with Crippen LogP contribution in [0, 0.1) is 0 Å². The lowest BCUT2D eigenvalue weighted by Gasteiger charge is -2.29. The Balaban J connectivity index is 2.59. The third-order valence-corrected chi connectivity index (χ3v) is 3.11. The first-order valence-corrected chi connectivity index (χ1v) is 5.33. The van der Waals surface area contributed by atoms with Crippen LogP contribution in [0.15, 0.2) is 24.3 Å². The van der Waals surface area contributed by atoms with Crippen molar-refractivity contribution in [3.8, 4) is 0 Å². The Labute approximate surface area is 90.8 Å². The zero-order chi connectivity index (χ0) is 11.1. The molecule has 78 valence electrons. The Morgan fingerprint density at radius 2 is 2.07 bits per heavy atom. The number of hydrogen-bond acceptors (Lipinski definition) is 1. The molecule has 1 aliphatic carbocycles. The van der Waals surface area contributed by atoms with Crippen LogP contribution in [0.2, 0.25) is 0 Å². The van der Waals surface area contributed by atoms with Crippen molar-refractivity contribution < 1.29 is 4.79 Å². The summed E-state index contributed by atoms with van der Waals surface area (Å²) in [5, 5.41) is 0. The molecule has 1 aromatic carbocycles. The van der Waals surface area contributed by atoms with Crippen molar-refractivity contribution in [3.05, 3.63) is 41.0 Å². The topological polar surface area (TPSA) is 17.1 Å². The molecule has 0 radical (unpaired) electrons. The molecule has 0 aliphatic heterocycles. The van der Waals surface area contributed by atoms with Gasteiger partial charge in [-0.25, -0.2) is 0 Å². The van der Waals surface area contributed by atoms with E-state index in [1.54, 1.807) is 6.92 Å². The Kier molecular flexibility index (Phi) is 2.26. The van der Waals surface area contributed by atoms with Gasteiger partial charge in [0.15, 0.2) is 5.78 Å². The first-order valence-electron chi connectivity index (χ1n) is 5.33. The van der Waals surface area contributed by atoms with Crippen LogP contribution >= 0.6 is 0 Å². The molecule has 0 unspecified atom stereocenters. The van der Waals surface area contributed by atoms with E-state index in [2.05, 4.69) is 26.0 Å². The maximum atomic E-state index is 11.3. The van der Waals surface area contributed by atoms with Crippen LogP contribution in [-0.4, -0.2) is 5.78 Å². The van der Waals surface area contributed by atoms with E-state index >= 15 is 0 Å². The fraction of sp³-hybridized carbons (Fsp3) is 0.357. The number of hydrogen-bond donors (Lipinski definition) is 0. The Morgan fingerprint density at radius 1 is 1.33 bits per heavy atom. The largest absolute Gasteiger partial charge is 0.295 e. The van der Waals surface area contributed by atoms with Crippen molar-refractivity contribution in [2.75, 3.05) is 0 Å². The third-order valence-electron chi connectivity index (χ3n) is 3.11. The average molecular weight is 200 g/mol. The van der Waals surface area contributed by atoms with E-state index in [1.807, 2.05) is 18.2 Å². The van der Waals surface area contributed by atoms with Crippen LogP contribution < -0.4 is 0 Å². The van der Waals surface area contributed by atoms with Gasteiger partial charge in [-0.05, 0) is 36.0 Å². The number of carbonyl (C=O) groups excluding carboxylic acids is 1. The number of carbonyl (C=O) groups is 1. The highest BCUT2D eigenvalue weighted by molar-refractivity contribution is 5.94. The summed E-state index contributed by atoms with van der Waals surface area (Å²) in [4.78, 5) is 11.3. The van der Waals surface area contributed by atoms with Crippen molar-refractivity contribution in [2.45, 2.75) is 32.6 Å². The first kappa shape index (κ1) is 10.2. The van der Waals surface area contributed by atoms with Gasteiger partial charge in [0, 0.05) is 5.56 Å². The highest BCUT2D eigenvalue weighted by atomic mass is 16.1. The number of rotatable bonds is 1. The van der Waals surface area contributed by atoms with E-state index < -0.39 is 0 Å². The molecule has 1 aromatic rings. The van der Waals surface area contributed by atoms with Gasteiger partial charge in [-0.3, -0.25) is 4.79 Å². The summed E-state index contributed by atoms with van der Waals surface area (Å²) in [5.74, 6) is 0.142. The average Bonchev–Trinajstić information content (AvgIpc) is 2.17. The van der Waals surface area contributed by atoms with E-state index in [9.17, 15) is 4.79 Å². The monoisotopic (exact) mass is 200 g/mol. The second kappa shape index (κ2) is 3.34. The zero-order valence-electron chi connectivity index (χ0n) is 9.50. The molecule has 1 aliphatic rings. The molecule has 0 bridgehead atoms. The highest BCUT2D eigenvalue weighted by Crippen LogP contribution is 2.35. The van der Waals surface area contributed by atoms with E-state index in [0.717, 1.165) is 12.0 Å². The maximum Gasteiger partial charge on any atom is 0.159 e. The number of benzene rings is 1. The van der Waals surface area contributed by atoms with Gasteiger partial charge in [-0.1, -0.05) is 38.1 Å². The molecule has 0 amide bonds. The van der Waals surface area contributed by atoms with Crippen molar-refractivity contribution in [3.63, 3.8) is 0 Å². The van der Waals surface area contributed by atoms with E-state index in [-0.39, 0.29) is 11.2 Å². The molecule has 0 saturated heterocycles. The summed E-state index contributed by atoms with van der Waals surface area (Å²) in [5.41, 5.74) is 3.50. The lowest BCUT2D eigenvalue weighted by Crippen LogP contribution is -2.20. The summed E-state index contributed by atoms with van der Waals surface area (Å²) in [6.07, 6.45) is 5.39. The van der Waals surface area contributed by atoms with Crippen molar-refractivity contribution in [1.29, 1.82) is 0 Å². The SMILES string of the molecule is CC(=O)c1ccc2c(c1)C(C)(C)CC=C2. The van der Waals surface area contributed by atoms with Crippen LogP contribution in [-0.2, 0) is 5.41 Å². The summed E-state index contributed by atoms with van der Waals surface area (Å²) in [7, 11) is 0. The minimum Gasteiger partial charge on any atom is -0.295 e. The molecule has 0 saturated carbocycles. The number of fused-ring (bicyclic) bond motifs is 1. The third kappa shape index (κ3) is 1.74. The van der Waals surface area contributed by atoms with Crippen molar-refractivity contribution in [1.82, 2.24) is 0 Å². The van der Waals surface area contributed by atoms with Gasteiger partial charge in [-0.2, -0.15) is 0 Å². The van der Waals surface area contributed by atoms with E-state index in [0.29, 0.717) is 0 Å². The van der Waals surface area contributed by atoms with Gasteiger partial charge in [0.25, 0.3) is 0 Å². The molecule has 1 heteroatoms. The molecule has 2 rings (SSSR count). The summed E-state index contributed by atoms with van der Waals surface area (Å²) in [6, 6.07) is 6.00. The van der Waals surface area contributed by atoms with E-state index in [4.69, 9.17) is 0 Å². The Hall–Kier alpha value is -1.37. The van der Waals surface area contributed by atoms with Crippen molar-refractivity contribution in [2.24, 2.45) is 0 Å². The normalized spacial score (nSPS) is 17.3. The minimum absolute atomic E-state index is 0.142. The van der Waals surface area contributed by atoms with E-state index in [1.165, 1.54) is 11.1 Å². The molecule has 0 fully saturated rings. The smallest absolute Gasteiger partial charge is 0.159 e. The number of allylic oxidation sites excluding steroid dienone is 1. The van der Waals surface area contributed by atoms with Crippen molar-refractivity contribution >= 4 is 11.9 Å². The summed E-state index contributed by atoms with van der Waals surface area (Å²) >= 11 is 0. The number of Topliss-reactive ketones (excluding diaryl/α,β-unsaturated/α-hetero) is 1. The second-order valence-electron chi connectivity index (χ2n) is 4.85. The Bertz CT molecular complexity index is 439.